The third kappa shape index (κ3) is 3.46. The summed E-state index contributed by atoms with van der Waals surface area (Å²) in [5, 5.41) is 0. The van der Waals surface area contributed by atoms with E-state index in [9.17, 15) is 0 Å². The summed E-state index contributed by atoms with van der Waals surface area (Å²) in [5.41, 5.74) is 0.398. The topological polar surface area (TPSA) is 0 Å². The van der Waals surface area contributed by atoms with E-state index in [0.717, 1.165) is 5.88 Å². The first-order chi connectivity index (χ1) is 4.93. The summed E-state index contributed by atoms with van der Waals surface area (Å²) in [6, 6.07) is 0. The Bertz CT molecular complexity index is 97.9. The van der Waals surface area contributed by atoms with Crippen molar-refractivity contribution in [1.29, 1.82) is 0 Å². The Morgan fingerprint density at radius 1 is 1.27 bits per heavy atom. The van der Waals surface area contributed by atoms with E-state index < -0.39 is 0 Å². The van der Waals surface area contributed by atoms with E-state index in [2.05, 4.69) is 34.6 Å². The van der Waals surface area contributed by atoms with E-state index in [1.54, 1.807) is 0 Å². The van der Waals surface area contributed by atoms with E-state index in [0.29, 0.717) is 17.3 Å². The minimum atomic E-state index is 0.398. The third-order valence-electron chi connectivity index (χ3n) is 2.80. The van der Waals surface area contributed by atoms with Crippen molar-refractivity contribution < 1.29 is 0 Å². The molecular formula is C10H21Cl. The zero-order valence-corrected chi connectivity index (χ0v) is 9.20. The molecule has 2 unspecified atom stereocenters. The number of rotatable bonds is 3. The zero-order chi connectivity index (χ0) is 9.07. The van der Waals surface area contributed by atoms with Crippen LogP contribution in [-0.2, 0) is 0 Å². The van der Waals surface area contributed by atoms with E-state index in [-0.39, 0.29) is 0 Å². The molecule has 0 rings (SSSR count). The Morgan fingerprint density at radius 2 is 1.73 bits per heavy atom. The van der Waals surface area contributed by atoms with Crippen molar-refractivity contribution in [3.63, 3.8) is 0 Å². The summed E-state index contributed by atoms with van der Waals surface area (Å²) < 4.78 is 0. The Morgan fingerprint density at radius 3 is 1.82 bits per heavy atom. The van der Waals surface area contributed by atoms with Gasteiger partial charge in [0.2, 0.25) is 0 Å². The van der Waals surface area contributed by atoms with Gasteiger partial charge in [-0.05, 0) is 17.3 Å². The Balaban J connectivity index is 4.09. The van der Waals surface area contributed by atoms with Gasteiger partial charge in [0.1, 0.15) is 0 Å². The number of hydrogen-bond donors (Lipinski definition) is 0. The maximum atomic E-state index is 5.87. The van der Waals surface area contributed by atoms with Gasteiger partial charge >= 0.3 is 0 Å². The van der Waals surface area contributed by atoms with Crippen LogP contribution >= 0.6 is 11.6 Å². The number of halogens is 1. The minimum Gasteiger partial charge on any atom is -0.126 e. The SMILES string of the molecule is CCC(CCl)C(C)C(C)(C)C. The minimum absolute atomic E-state index is 0.398. The summed E-state index contributed by atoms with van der Waals surface area (Å²) in [6.07, 6.45) is 1.20. The van der Waals surface area contributed by atoms with Gasteiger partial charge in [-0.15, -0.1) is 11.6 Å². The lowest BCUT2D eigenvalue weighted by molar-refractivity contribution is 0.186. The molecule has 0 N–H and O–H groups in total. The zero-order valence-electron chi connectivity index (χ0n) is 8.45. The van der Waals surface area contributed by atoms with Gasteiger partial charge in [-0.3, -0.25) is 0 Å². The lowest BCUT2D eigenvalue weighted by Gasteiger charge is -2.32. The van der Waals surface area contributed by atoms with Crippen molar-refractivity contribution >= 4 is 11.6 Å². The first kappa shape index (κ1) is 11.3. The Labute approximate surface area is 76.3 Å². The molecule has 0 aromatic rings. The van der Waals surface area contributed by atoms with Crippen molar-refractivity contribution in [2.24, 2.45) is 17.3 Å². The predicted octanol–water partition coefficient (Wildman–Crippen LogP) is 3.93. The summed E-state index contributed by atoms with van der Waals surface area (Å²) in [4.78, 5) is 0. The van der Waals surface area contributed by atoms with Gasteiger partial charge in [0.25, 0.3) is 0 Å². The summed E-state index contributed by atoms with van der Waals surface area (Å²) >= 11 is 5.87. The average molecular weight is 177 g/mol. The molecule has 68 valence electrons. The molecule has 0 saturated heterocycles. The molecular weight excluding hydrogens is 156 g/mol. The van der Waals surface area contributed by atoms with Gasteiger partial charge in [-0.25, -0.2) is 0 Å². The first-order valence-electron chi connectivity index (χ1n) is 4.49. The normalized spacial score (nSPS) is 18.0. The maximum Gasteiger partial charge on any atom is 0.0254 e. The summed E-state index contributed by atoms with van der Waals surface area (Å²) in [5.74, 6) is 2.19. The molecule has 11 heavy (non-hydrogen) atoms. The van der Waals surface area contributed by atoms with Gasteiger partial charge in [0.15, 0.2) is 0 Å². The fourth-order valence-corrected chi connectivity index (χ4v) is 1.79. The van der Waals surface area contributed by atoms with Crippen LogP contribution in [0.25, 0.3) is 0 Å². The molecule has 0 saturated carbocycles. The van der Waals surface area contributed by atoms with Crippen molar-refractivity contribution in [2.75, 3.05) is 5.88 Å². The number of alkyl halides is 1. The molecule has 0 aliphatic rings. The van der Waals surface area contributed by atoms with Crippen LogP contribution in [0.15, 0.2) is 0 Å². The highest BCUT2D eigenvalue weighted by atomic mass is 35.5. The molecule has 0 aromatic heterocycles. The van der Waals surface area contributed by atoms with Crippen molar-refractivity contribution in [2.45, 2.75) is 41.0 Å². The van der Waals surface area contributed by atoms with E-state index >= 15 is 0 Å². The maximum absolute atomic E-state index is 5.87. The molecule has 0 aliphatic heterocycles. The molecule has 0 spiro atoms. The molecule has 0 aromatic carbocycles. The second kappa shape index (κ2) is 4.35. The van der Waals surface area contributed by atoms with Crippen LogP contribution in [0, 0.1) is 17.3 Å². The highest BCUT2D eigenvalue weighted by Gasteiger charge is 2.26. The smallest absolute Gasteiger partial charge is 0.0254 e. The molecule has 0 amide bonds. The highest BCUT2D eigenvalue weighted by Crippen LogP contribution is 2.33. The van der Waals surface area contributed by atoms with Crippen molar-refractivity contribution in [3.8, 4) is 0 Å². The molecule has 0 aliphatic carbocycles. The largest absolute Gasteiger partial charge is 0.126 e. The Kier molecular flexibility index (Phi) is 4.46. The molecule has 1 heteroatoms. The van der Waals surface area contributed by atoms with E-state index in [1.165, 1.54) is 6.42 Å². The van der Waals surface area contributed by atoms with E-state index in [1.807, 2.05) is 0 Å². The highest BCUT2D eigenvalue weighted by molar-refractivity contribution is 6.18. The van der Waals surface area contributed by atoms with E-state index in [4.69, 9.17) is 11.6 Å². The van der Waals surface area contributed by atoms with Crippen molar-refractivity contribution in [3.05, 3.63) is 0 Å². The molecule has 0 nitrogen and oxygen atoms in total. The van der Waals surface area contributed by atoms with Gasteiger partial charge in [0, 0.05) is 5.88 Å². The van der Waals surface area contributed by atoms with Gasteiger partial charge in [-0.1, -0.05) is 41.0 Å². The van der Waals surface area contributed by atoms with Crippen molar-refractivity contribution in [1.82, 2.24) is 0 Å². The van der Waals surface area contributed by atoms with Crippen LogP contribution in [0.3, 0.4) is 0 Å². The monoisotopic (exact) mass is 176 g/mol. The second-order valence-electron chi connectivity index (χ2n) is 4.48. The number of hydrogen-bond acceptors (Lipinski definition) is 0. The van der Waals surface area contributed by atoms with Crippen LogP contribution < -0.4 is 0 Å². The summed E-state index contributed by atoms with van der Waals surface area (Å²) in [7, 11) is 0. The van der Waals surface area contributed by atoms with Crippen LogP contribution in [0.1, 0.15) is 41.0 Å². The lowest BCUT2D eigenvalue weighted by Crippen LogP contribution is -2.26. The van der Waals surface area contributed by atoms with Gasteiger partial charge in [0.05, 0.1) is 0 Å². The molecule has 2 atom stereocenters. The standard InChI is InChI=1S/C10H21Cl/c1-6-9(7-11)8(2)10(3,4)5/h8-9H,6-7H2,1-5H3. The quantitative estimate of drug-likeness (QED) is 0.572. The fourth-order valence-electron chi connectivity index (χ4n) is 1.30. The van der Waals surface area contributed by atoms with Gasteiger partial charge in [-0.2, -0.15) is 0 Å². The van der Waals surface area contributed by atoms with Crippen LogP contribution in [-0.4, -0.2) is 5.88 Å². The molecule has 0 radical (unpaired) electrons. The lowest BCUT2D eigenvalue weighted by atomic mass is 9.74. The third-order valence-corrected chi connectivity index (χ3v) is 3.19. The molecule has 0 heterocycles. The molecule has 0 bridgehead atoms. The fraction of sp³-hybridized carbons (Fsp3) is 1.00. The first-order valence-corrected chi connectivity index (χ1v) is 5.02. The van der Waals surface area contributed by atoms with Crippen LogP contribution in [0.4, 0.5) is 0 Å². The predicted molar refractivity (Wildman–Crippen MR) is 53.1 cm³/mol. The van der Waals surface area contributed by atoms with Crippen LogP contribution in [0.5, 0.6) is 0 Å². The Hall–Kier alpha value is 0.290. The van der Waals surface area contributed by atoms with Crippen LogP contribution in [0.2, 0.25) is 0 Å². The average Bonchev–Trinajstić information content (AvgIpc) is 1.88. The van der Waals surface area contributed by atoms with Gasteiger partial charge < -0.3 is 0 Å². The second-order valence-corrected chi connectivity index (χ2v) is 4.79. The summed E-state index contributed by atoms with van der Waals surface area (Å²) in [6.45, 7) is 11.4. The molecule has 0 fully saturated rings.